The second kappa shape index (κ2) is 5.90. The smallest absolute Gasteiger partial charge is 0.119 e. The van der Waals surface area contributed by atoms with Crippen molar-refractivity contribution in [3.63, 3.8) is 0 Å². The van der Waals surface area contributed by atoms with Gasteiger partial charge in [-0.15, -0.1) is 0 Å². The van der Waals surface area contributed by atoms with E-state index in [9.17, 15) is 0 Å². The lowest BCUT2D eigenvalue weighted by molar-refractivity contribution is 0.341. The highest BCUT2D eigenvalue weighted by atomic mass is 16.5. The molecule has 0 saturated carbocycles. The summed E-state index contributed by atoms with van der Waals surface area (Å²) in [6.45, 7) is 8.79. The molecule has 0 atom stereocenters. The van der Waals surface area contributed by atoms with E-state index in [1.165, 1.54) is 5.56 Å². The van der Waals surface area contributed by atoms with Gasteiger partial charge in [-0.25, -0.2) is 0 Å². The first-order chi connectivity index (χ1) is 7.57. The maximum absolute atomic E-state index is 5.23. The Morgan fingerprint density at radius 2 is 2.06 bits per heavy atom. The number of benzene rings is 1. The Kier molecular flexibility index (Phi) is 4.81. The van der Waals surface area contributed by atoms with E-state index in [4.69, 9.17) is 4.74 Å². The van der Waals surface area contributed by atoms with Crippen molar-refractivity contribution in [2.24, 2.45) is 5.41 Å². The maximum Gasteiger partial charge on any atom is 0.119 e. The van der Waals surface area contributed by atoms with Gasteiger partial charge in [0.05, 0.1) is 7.11 Å². The van der Waals surface area contributed by atoms with Crippen molar-refractivity contribution in [3.05, 3.63) is 29.8 Å². The van der Waals surface area contributed by atoms with E-state index in [0.717, 1.165) is 25.3 Å². The first kappa shape index (κ1) is 13.0. The molecule has 0 radical (unpaired) electrons. The average Bonchev–Trinajstić information content (AvgIpc) is 2.26. The molecule has 0 spiro atoms. The molecule has 1 N–H and O–H groups in total. The Balaban J connectivity index is 2.63. The second-order valence-electron chi connectivity index (χ2n) is 4.97. The molecule has 0 amide bonds. The van der Waals surface area contributed by atoms with Crippen LogP contribution in [0.5, 0.6) is 5.75 Å². The Morgan fingerprint density at radius 1 is 1.31 bits per heavy atom. The highest BCUT2D eigenvalue weighted by molar-refractivity contribution is 5.29. The van der Waals surface area contributed by atoms with Crippen LogP contribution in [0.2, 0.25) is 0 Å². The zero-order chi connectivity index (χ0) is 12.0. The lowest BCUT2D eigenvalue weighted by Crippen LogP contribution is -2.30. The summed E-state index contributed by atoms with van der Waals surface area (Å²) in [5.41, 5.74) is 1.62. The summed E-state index contributed by atoms with van der Waals surface area (Å²) in [7, 11) is 1.71. The summed E-state index contributed by atoms with van der Waals surface area (Å²) in [5.74, 6) is 0.941. The molecule has 0 unspecified atom stereocenters. The monoisotopic (exact) mass is 221 g/mol. The first-order valence-electron chi connectivity index (χ1n) is 5.91. The number of rotatable bonds is 6. The quantitative estimate of drug-likeness (QED) is 0.797. The molecule has 0 aliphatic carbocycles. The van der Waals surface area contributed by atoms with Gasteiger partial charge in [-0.3, -0.25) is 0 Å². The predicted octanol–water partition coefficient (Wildman–Crippen LogP) is 2.87. The van der Waals surface area contributed by atoms with E-state index in [1.807, 2.05) is 6.07 Å². The van der Waals surface area contributed by atoms with Gasteiger partial charge < -0.3 is 10.1 Å². The number of nitrogens with one attached hydrogen (secondary N) is 1. The zero-order valence-electron chi connectivity index (χ0n) is 10.8. The van der Waals surface area contributed by atoms with Crippen molar-refractivity contribution >= 4 is 0 Å². The number of methoxy groups -OCH3 is 1. The fourth-order valence-electron chi connectivity index (χ4n) is 1.86. The molecule has 2 heteroatoms. The number of hydrogen-bond donors (Lipinski definition) is 1. The molecule has 2 nitrogen and oxygen atoms in total. The van der Waals surface area contributed by atoms with E-state index < -0.39 is 0 Å². The molecule has 0 aliphatic rings. The Morgan fingerprint density at radius 3 is 2.69 bits per heavy atom. The SMILES string of the molecule is CCNCC(C)(C)Cc1cccc(OC)c1. The minimum absolute atomic E-state index is 0.280. The second-order valence-corrected chi connectivity index (χ2v) is 4.97. The Bertz CT molecular complexity index is 320. The topological polar surface area (TPSA) is 21.3 Å². The molecule has 0 aliphatic heterocycles. The van der Waals surface area contributed by atoms with Crippen LogP contribution in [0.4, 0.5) is 0 Å². The molecule has 0 fully saturated rings. The van der Waals surface area contributed by atoms with Crippen LogP contribution in [0.3, 0.4) is 0 Å². The summed E-state index contributed by atoms with van der Waals surface area (Å²) in [6, 6.07) is 8.32. The van der Waals surface area contributed by atoms with Crippen LogP contribution in [-0.2, 0) is 6.42 Å². The molecule has 0 saturated heterocycles. The highest BCUT2D eigenvalue weighted by Gasteiger charge is 2.17. The molecule has 0 heterocycles. The van der Waals surface area contributed by atoms with Gasteiger partial charge in [-0.2, -0.15) is 0 Å². The minimum Gasteiger partial charge on any atom is -0.497 e. The molecule has 16 heavy (non-hydrogen) atoms. The van der Waals surface area contributed by atoms with Crippen LogP contribution in [0.15, 0.2) is 24.3 Å². The lowest BCUT2D eigenvalue weighted by Gasteiger charge is -2.25. The Labute approximate surface area is 99.0 Å². The van der Waals surface area contributed by atoms with Gasteiger partial charge in [0.15, 0.2) is 0 Å². The van der Waals surface area contributed by atoms with Gasteiger partial charge in [0, 0.05) is 6.54 Å². The van der Waals surface area contributed by atoms with Crippen molar-refractivity contribution in [1.82, 2.24) is 5.32 Å². The highest BCUT2D eigenvalue weighted by Crippen LogP contribution is 2.23. The van der Waals surface area contributed by atoms with Crippen molar-refractivity contribution < 1.29 is 4.74 Å². The van der Waals surface area contributed by atoms with Gasteiger partial charge in [-0.05, 0) is 36.1 Å². The van der Waals surface area contributed by atoms with Crippen LogP contribution in [-0.4, -0.2) is 20.2 Å². The third kappa shape index (κ3) is 4.23. The van der Waals surface area contributed by atoms with Gasteiger partial charge in [-0.1, -0.05) is 32.9 Å². The third-order valence-corrected chi connectivity index (χ3v) is 2.67. The predicted molar refractivity (Wildman–Crippen MR) is 69.0 cm³/mol. The van der Waals surface area contributed by atoms with E-state index >= 15 is 0 Å². The first-order valence-corrected chi connectivity index (χ1v) is 5.91. The van der Waals surface area contributed by atoms with Crippen molar-refractivity contribution in [2.75, 3.05) is 20.2 Å². The van der Waals surface area contributed by atoms with Gasteiger partial charge in [0.25, 0.3) is 0 Å². The van der Waals surface area contributed by atoms with E-state index in [2.05, 4.69) is 44.3 Å². The zero-order valence-corrected chi connectivity index (χ0v) is 10.8. The van der Waals surface area contributed by atoms with Gasteiger partial charge in [0.2, 0.25) is 0 Å². The van der Waals surface area contributed by atoms with Crippen molar-refractivity contribution in [3.8, 4) is 5.75 Å². The third-order valence-electron chi connectivity index (χ3n) is 2.67. The van der Waals surface area contributed by atoms with Gasteiger partial charge >= 0.3 is 0 Å². The van der Waals surface area contributed by atoms with E-state index in [-0.39, 0.29) is 5.41 Å². The van der Waals surface area contributed by atoms with Crippen LogP contribution in [0, 0.1) is 5.41 Å². The van der Waals surface area contributed by atoms with Crippen LogP contribution < -0.4 is 10.1 Å². The summed E-state index contributed by atoms with van der Waals surface area (Å²) in [5, 5.41) is 3.41. The summed E-state index contributed by atoms with van der Waals surface area (Å²) in [6.07, 6.45) is 1.07. The van der Waals surface area contributed by atoms with E-state index in [1.54, 1.807) is 7.11 Å². The fourth-order valence-corrected chi connectivity index (χ4v) is 1.86. The van der Waals surface area contributed by atoms with Crippen molar-refractivity contribution in [1.29, 1.82) is 0 Å². The average molecular weight is 221 g/mol. The Hall–Kier alpha value is -1.02. The normalized spacial score (nSPS) is 11.5. The van der Waals surface area contributed by atoms with Crippen molar-refractivity contribution in [2.45, 2.75) is 27.2 Å². The maximum atomic E-state index is 5.23. The summed E-state index contributed by atoms with van der Waals surface area (Å²) < 4.78 is 5.23. The summed E-state index contributed by atoms with van der Waals surface area (Å²) >= 11 is 0. The van der Waals surface area contributed by atoms with Crippen LogP contribution >= 0.6 is 0 Å². The molecule has 90 valence electrons. The number of hydrogen-bond acceptors (Lipinski definition) is 2. The summed E-state index contributed by atoms with van der Waals surface area (Å²) in [4.78, 5) is 0. The molecule has 1 rings (SSSR count). The van der Waals surface area contributed by atoms with Crippen LogP contribution in [0.25, 0.3) is 0 Å². The lowest BCUT2D eigenvalue weighted by atomic mass is 9.85. The molecule has 0 bridgehead atoms. The molecule has 0 aromatic heterocycles. The van der Waals surface area contributed by atoms with Crippen LogP contribution in [0.1, 0.15) is 26.3 Å². The van der Waals surface area contributed by atoms with E-state index in [0.29, 0.717) is 0 Å². The largest absolute Gasteiger partial charge is 0.497 e. The van der Waals surface area contributed by atoms with Gasteiger partial charge in [0.1, 0.15) is 5.75 Å². The molecular formula is C14H23NO. The molecular weight excluding hydrogens is 198 g/mol. The fraction of sp³-hybridized carbons (Fsp3) is 0.571. The standard InChI is InChI=1S/C14H23NO/c1-5-15-11-14(2,3)10-12-7-6-8-13(9-12)16-4/h6-9,15H,5,10-11H2,1-4H3. The molecule has 1 aromatic carbocycles. The minimum atomic E-state index is 0.280. The molecule has 1 aromatic rings. The number of ether oxygens (including phenoxy) is 1.